The maximum Gasteiger partial charge on any atom is 0.124 e. The summed E-state index contributed by atoms with van der Waals surface area (Å²) >= 11 is 0. The zero-order chi connectivity index (χ0) is 12.4. The maximum atomic E-state index is 6.26. The molecule has 0 bridgehead atoms. The molecular formula is C15H23NO. The summed E-state index contributed by atoms with van der Waals surface area (Å²) in [6.07, 6.45) is 3.48. The Bertz CT molecular complexity index is 389. The third kappa shape index (κ3) is 2.32. The van der Waals surface area contributed by atoms with Crippen LogP contribution in [-0.4, -0.2) is 6.10 Å². The molecule has 0 saturated carbocycles. The van der Waals surface area contributed by atoms with Gasteiger partial charge in [0.15, 0.2) is 0 Å². The normalized spacial score (nSPS) is 24.2. The molecule has 0 spiro atoms. The van der Waals surface area contributed by atoms with Gasteiger partial charge in [-0.05, 0) is 30.4 Å². The Morgan fingerprint density at radius 2 is 2.12 bits per heavy atom. The Kier molecular flexibility index (Phi) is 3.72. The van der Waals surface area contributed by atoms with Gasteiger partial charge in [-0.2, -0.15) is 0 Å². The summed E-state index contributed by atoms with van der Waals surface area (Å²) in [5.41, 5.74) is 8.84. The van der Waals surface area contributed by atoms with Crippen molar-refractivity contribution in [3.05, 3.63) is 29.3 Å². The smallest absolute Gasteiger partial charge is 0.124 e. The minimum atomic E-state index is 0.0500. The summed E-state index contributed by atoms with van der Waals surface area (Å²) in [5, 5.41) is 0. The number of fused-ring (bicyclic) bond motifs is 1. The van der Waals surface area contributed by atoms with Gasteiger partial charge in [-0.3, -0.25) is 0 Å². The van der Waals surface area contributed by atoms with Gasteiger partial charge < -0.3 is 10.5 Å². The van der Waals surface area contributed by atoms with Crippen LogP contribution in [0.5, 0.6) is 5.75 Å². The average molecular weight is 233 g/mol. The monoisotopic (exact) mass is 233 g/mol. The summed E-state index contributed by atoms with van der Waals surface area (Å²) in [6, 6.07) is 6.55. The summed E-state index contributed by atoms with van der Waals surface area (Å²) in [6.45, 7) is 6.64. The first-order valence-corrected chi connectivity index (χ1v) is 6.73. The van der Waals surface area contributed by atoms with Gasteiger partial charge >= 0.3 is 0 Å². The van der Waals surface area contributed by atoms with Crippen LogP contribution in [0.3, 0.4) is 0 Å². The molecule has 17 heavy (non-hydrogen) atoms. The SMILES string of the molecule is CCCC1Oc2ccc(C(C)CC)cc2C1N. The van der Waals surface area contributed by atoms with Crippen molar-refractivity contribution in [3.8, 4) is 5.75 Å². The van der Waals surface area contributed by atoms with Crippen molar-refractivity contribution >= 4 is 0 Å². The van der Waals surface area contributed by atoms with Gasteiger partial charge in [0.05, 0.1) is 6.04 Å². The van der Waals surface area contributed by atoms with Gasteiger partial charge in [0.25, 0.3) is 0 Å². The lowest BCUT2D eigenvalue weighted by Gasteiger charge is -2.14. The van der Waals surface area contributed by atoms with E-state index in [0.717, 1.165) is 25.0 Å². The summed E-state index contributed by atoms with van der Waals surface area (Å²) in [5.74, 6) is 1.58. The molecule has 2 heteroatoms. The van der Waals surface area contributed by atoms with Crippen LogP contribution in [0, 0.1) is 0 Å². The Labute approximate surface area is 104 Å². The Balaban J connectivity index is 2.24. The molecule has 1 aliphatic rings. The lowest BCUT2D eigenvalue weighted by molar-refractivity contribution is 0.195. The molecule has 2 N–H and O–H groups in total. The van der Waals surface area contributed by atoms with Crippen molar-refractivity contribution in [2.24, 2.45) is 5.73 Å². The third-order valence-electron chi connectivity index (χ3n) is 3.83. The molecule has 2 nitrogen and oxygen atoms in total. The van der Waals surface area contributed by atoms with Gasteiger partial charge in [-0.1, -0.05) is 39.3 Å². The molecule has 2 rings (SSSR count). The third-order valence-corrected chi connectivity index (χ3v) is 3.83. The second kappa shape index (κ2) is 5.09. The van der Waals surface area contributed by atoms with Crippen LogP contribution in [-0.2, 0) is 0 Å². The molecule has 0 aromatic heterocycles. The van der Waals surface area contributed by atoms with Crippen LogP contribution in [0.15, 0.2) is 18.2 Å². The number of rotatable bonds is 4. The minimum absolute atomic E-state index is 0.0500. The molecule has 1 aromatic carbocycles. The number of ether oxygens (including phenoxy) is 1. The molecule has 0 saturated heterocycles. The molecule has 0 amide bonds. The Morgan fingerprint density at radius 1 is 1.35 bits per heavy atom. The molecule has 1 heterocycles. The van der Waals surface area contributed by atoms with E-state index in [4.69, 9.17) is 10.5 Å². The number of hydrogen-bond donors (Lipinski definition) is 1. The zero-order valence-electron chi connectivity index (χ0n) is 11.1. The lowest BCUT2D eigenvalue weighted by Crippen LogP contribution is -2.24. The quantitative estimate of drug-likeness (QED) is 0.859. The zero-order valence-corrected chi connectivity index (χ0v) is 11.1. The van der Waals surface area contributed by atoms with E-state index in [1.54, 1.807) is 0 Å². The maximum absolute atomic E-state index is 6.26. The fraction of sp³-hybridized carbons (Fsp3) is 0.600. The first-order valence-electron chi connectivity index (χ1n) is 6.73. The van der Waals surface area contributed by atoms with E-state index in [9.17, 15) is 0 Å². The van der Waals surface area contributed by atoms with E-state index >= 15 is 0 Å². The molecule has 1 aliphatic heterocycles. The topological polar surface area (TPSA) is 35.2 Å². The van der Waals surface area contributed by atoms with E-state index in [0.29, 0.717) is 5.92 Å². The van der Waals surface area contributed by atoms with Crippen molar-refractivity contribution < 1.29 is 4.74 Å². The fourth-order valence-corrected chi connectivity index (χ4v) is 2.44. The van der Waals surface area contributed by atoms with Crippen LogP contribution in [0.4, 0.5) is 0 Å². The fourth-order valence-electron chi connectivity index (χ4n) is 2.44. The van der Waals surface area contributed by atoms with Crippen molar-refractivity contribution in [2.45, 2.75) is 58.1 Å². The molecule has 94 valence electrons. The number of benzene rings is 1. The van der Waals surface area contributed by atoms with Crippen molar-refractivity contribution in [1.82, 2.24) is 0 Å². The summed E-state index contributed by atoms with van der Waals surface area (Å²) in [7, 11) is 0. The van der Waals surface area contributed by atoms with E-state index in [-0.39, 0.29) is 12.1 Å². The van der Waals surface area contributed by atoms with Gasteiger partial charge in [0.1, 0.15) is 11.9 Å². The Morgan fingerprint density at radius 3 is 2.76 bits per heavy atom. The first kappa shape index (κ1) is 12.4. The molecule has 0 aliphatic carbocycles. The predicted molar refractivity (Wildman–Crippen MR) is 71.4 cm³/mol. The molecule has 3 unspecified atom stereocenters. The Hall–Kier alpha value is -1.02. The predicted octanol–water partition coefficient (Wildman–Crippen LogP) is 3.76. The molecule has 0 fully saturated rings. The highest BCUT2D eigenvalue weighted by molar-refractivity contribution is 5.44. The van der Waals surface area contributed by atoms with Crippen LogP contribution in [0.2, 0.25) is 0 Å². The van der Waals surface area contributed by atoms with Gasteiger partial charge in [-0.25, -0.2) is 0 Å². The molecule has 1 aromatic rings. The molecule has 3 atom stereocenters. The van der Waals surface area contributed by atoms with Crippen LogP contribution in [0.1, 0.15) is 63.1 Å². The largest absolute Gasteiger partial charge is 0.488 e. The number of hydrogen-bond acceptors (Lipinski definition) is 2. The lowest BCUT2D eigenvalue weighted by atomic mass is 9.93. The van der Waals surface area contributed by atoms with Gasteiger partial charge in [0.2, 0.25) is 0 Å². The number of nitrogens with two attached hydrogens (primary N) is 1. The van der Waals surface area contributed by atoms with Crippen molar-refractivity contribution in [3.63, 3.8) is 0 Å². The van der Waals surface area contributed by atoms with E-state index < -0.39 is 0 Å². The molecular weight excluding hydrogens is 210 g/mol. The summed E-state index contributed by atoms with van der Waals surface area (Å²) in [4.78, 5) is 0. The standard InChI is InChI=1S/C15H23NO/c1-4-6-14-15(16)12-9-11(10(3)5-2)7-8-13(12)17-14/h7-10,14-15H,4-6,16H2,1-3H3. The second-order valence-corrected chi connectivity index (χ2v) is 5.08. The van der Waals surface area contributed by atoms with Crippen LogP contribution in [0.25, 0.3) is 0 Å². The highest BCUT2D eigenvalue weighted by Crippen LogP contribution is 2.38. The average Bonchev–Trinajstić information content (AvgIpc) is 2.66. The highest BCUT2D eigenvalue weighted by atomic mass is 16.5. The molecule has 0 radical (unpaired) electrons. The van der Waals surface area contributed by atoms with E-state index in [1.807, 2.05) is 0 Å². The van der Waals surface area contributed by atoms with E-state index in [1.165, 1.54) is 11.1 Å². The van der Waals surface area contributed by atoms with Crippen molar-refractivity contribution in [1.29, 1.82) is 0 Å². The summed E-state index contributed by atoms with van der Waals surface area (Å²) < 4.78 is 5.90. The first-order chi connectivity index (χ1) is 8.17. The second-order valence-electron chi connectivity index (χ2n) is 5.08. The minimum Gasteiger partial charge on any atom is -0.488 e. The van der Waals surface area contributed by atoms with Gasteiger partial charge in [-0.15, -0.1) is 0 Å². The van der Waals surface area contributed by atoms with Crippen LogP contribution >= 0.6 is 0 Å². The van der Waals surface area contributed by atoms with Crippen molar-refractivity contribution in [2.75, 3.05) is 0 Å². The van der Waals surface area contributed by atoms with E-state index in [2.05, 4.69) is 39.0 Å². The van der Waals surface area contributed by atoms with Crippen LogP contribution < -0.4 is 10.5 Å². The van der Waals surface area contributed by atoms with Gasteiger partial charge in [0, 0.05) is 5.56 Å². The highest BCUT2D eigenvalue weighted by Gasteiger charge is 2.31.